The molecular weight excluding hydrogens is 338 g/mol. The molecule has 0 N–H and O–H groups in total. The smallest absolute Gasteiger partial charge is 0.419 e. The van der Waals surface area contributed by atoms with E-state index in [1.807, 2.05) is 41.5 Å². The Balaban J connectivity index is 2.35. The molecule has 2 heterocycles. The number of nitrogens with zero attached hydrogens (tertiary/aromatic N) is 3. The van der Waals surface area contributed by atoms with Crippen molar-refractivity contribution in [2.24, 2.45) is 4.40 Å². The maximum absolute atomic E-state index is 12.3. The lowest BCUT2D eigenvalue weighted by Crippen LogP contribution is -2.26. The van der Waals surface area contributed by atoms with Crippen molar-refractivity contribution in [3.63, 3.8) is 0 Å². The first-order valence-electron chi connectivity index (χ1n) is 8.07. The number of aromatic nitrogens is 2. The van der Waals surface area contributed by atoms with Gasteiger partial charge >= 0.3 is 6.09 Å². The molecule has 1 atom stereocenters. The summed E-state index contributed by atoms with van der Waals surface area (Å²) in [6.45, 7) is 12.9. The van der Waals surface area contributed by atoms with Crippen molar-refractivity contribution in [2.45, 2.75) is 58.8 Å². The second-order valence-electron chi connectivity index (χ2n) is 7.81. The van der Waals surface area contributed by atoms with E-state index in [-0.39, 0.29) is 0 Å². The van der Waals surface area contributed by atoms with Gasteiger partial charge in [0.15, 0.2) is 0 Å². The van der Waals surface area contributed by atoms with Crippen LogP contribution >= 0.6 is 0 Å². The minimum absolute atomic E-state index is 0.425. The van der Waals surface area contributed by atoms with E-state index in [0.29, 0.717) is 22.4 Å². The minimum atomic E-state index is -1.35. The first-order chi connectivity index (χ1) is 11.4. The predicted octanol–water partition coefficient (Wildman–Crippen LogP) is 4.09. The molecule has 0 aliphatic rings. The normalized spacial score (nSPS) is 14.6. The van der Waals surface area contributed by atoms with Gasteiger partial charge in [0.05, 0.1) is 27.2 Å². The van der Waals surface area contributed by atoms with Crippen molar-refractivity contribution in [3.8, 4) is 0 Å². The SMILES string of the molecule is C/C(=N\S(=O)C(C)(C)C)c1ccc2c(ccn2C(=O)OC(C)(C)C)n1. The zero-order chi connectivity index (χ0) is 19.0. The Labute approximate surface area is 150 Å². The third kappa shape index (κ3) is 4.75. The topological polar surface area (TPSA) is 73.5 Å². The number of carbonyl (C=O) groups is 1. The molecule has 0 saturated carbocycles. The number of hydrogen-bond donors (Lipinski definition) is 0. The van der Waals surface area contributed by atoms with Crippen LogP contribution in [0, 0.1) is 0 Å². The molecule has 0 bridgehead atoms. The van der Waals surface area contributed by atoms with Crippen LogP contribution in [-0.4, -0.2) is 35.9 Å². The Hall–Kier alpha value is -2.02. The summed E-state index contributed by atoms with van der Waals surface area (Å²) in [5, 5.41) is 0. The first-order valence-corrected chi connectivity index (χ1v) is 9.18. The molecule has 0 spiro atoms. The Kier molecular flexibility index (Phi) is 5.18. The zero-order valence-electron chi connectivity index (χ0n) is 15.8. The number of fused-ring (bicyclic) bond motifs is 1. The van der Waals surface area contributed by atoms with Gasteiger partial charge in [0.25, 0.3) is 0 Å². The highest BCUT2D eigenvalue weighted by atomic mass is 32.2. The maximum Gasteiger partial charge on any atom is 0.419 e. The molecule has 25 heavy (non-hydrogen) atoms. The average Bonchev–Trinajstić information content (AvgIpc) is 2.87. The van der Waals surface area contributed by atoms with Gasteiger partial charge < -0.3 is 4.74 Å². The second kappa shape index (κ2) is 6.71. The van der Waals surface area contributed by atoms with Crippen LogP contribution in [0.4, 0.5) is 4.79 Å². The van der Waals surface area contributed by atoms with E-state index >= 15 is 0 Å². The fraction of sp³-hybridized carbons (Fsp3) is 0.500. The molecule has 7 heteroatoms. The molecule has 0 aliphatic heterocycles. The molecule has 2 aromatic heterocycles. The molecule has 0 saturated heterocycles. The monoisotopic (exact) mass is 363 g/mol. The highest BCUT2D eigenvalue weighted by Gasteiger charge is 2.21. The second-order valence-corrected chi connectivity index (χ2v) is 9.71. The van der Waals surface area contributed by atoms with Gasteiger partial charge in [-0.05, 0) is 66.7 Å². The van der Waals surface area contributed by atoms with Crippen LogP contribution in [-0.2, 0) is 15.7 Å². The van der Waals surface area contributed by atoms with Gasteiger partial charge in [0.2, 0.25) is 0 Å². The van der Waals surface area contributed by atoms with Gasteiger partial charge in [-0.3, -0.25) is 4.57 Å². The molecule has 0 amide bonds. The Morgan fingerprint density at radius 3 is 2.36 bits per heavy atom. The summed E-state index contributed by atoms with van der Waals surface area (Å²) >= 11 is 0. The molecule has 2 rings (SSSR count). The van der Waals surface area contributed by atoms with Crippen molar-refractivity contribution >= 4 is 33.8 Å². The number of rotatable bonds is 2. The van der Waals surface area contributed by atoms with Gasteiger partial charge in [0, 0.05) is 6.20 Å². The summed E-state index contributed by atoms with van der Waals surface area (Å²) in [5.41, 5.74) is 1.97. The Morgan fingerprint density at radius 1 is 1.16 bits per heavy atom. The van der Waals surface area contributed by atoms with Crippen molar-refractivity contribution in [1.29, 1.82) is 0 Å². The van der Waals surface area contributed by atoms with Gasteiger partial charge in [-0.1, -0.05) is 0 Å². The fourth-order valence-corrected chi connectivity index (χ4v) is 2.62. The van der Waals surface area contributed by atoms with E-state index < -0.39 is 27.4 Å². The maximum atomic E-state index is 12.3. The van der Waals surface area contributed by atoms with E-state index in [2.05, 4.69) is 9.38 Å². The summed E-state index contributed by atoms with van der Waals surface area (Å²) in [6.07, 6.45) is 1.19. The summed E-state index contributed by atoms with van der Waals surface area (Å²) < 4.78 is 22.8. The highest BCUT2D eigenvalue weighted by molar-refractivity contribution is 7.85. The van der Waals surface area contributed by atoms with Gasteiger partial charge in [-0.15, -0.1) is 0 Å². The van der Waals surface area contributed by atoms with Crippen LogP contribution in [0.15, 0.2) is 28.8 Å². The third-order valence-corrected chi connectivity index (χ3v) is 4.74. The van der Waals surface area contributed by atoms with Crippen molar-refractivity contribution < 1.29 is 13.7 Å². The van der Waals surface area contributed by atoms with E-state index in [1.54, 1.807) is 31.3 Å². The van der Waals surface area contributed by atoms with Crippen LogP contribution in [0.1, 0.15) is 54.2 Å². The van der Waals surface area contributed by atoms with E-state index in [9.17, 15) is 9.00 Å². The third-order valence-electron chi connectivity index (χ3n) is 3.25. The number of hydrogen-bond acceptors (Lipinski definition) is 4. The van der Waals surface area contributed by atoms with E-state index in [0.717, 1.165) is 0 Å². The van der Waals surface area contributed by atoms with Gasteiger partial charge in [-0.2, -0.15) is 4.40 Å². The molecule has 1 unspecified atom stereocenters. The standard InChI is InChI=1S/C18H25N3O3S/c1-12(20-25(23)18(5,6)7)13-8-9-15-14(19-13)10-11-21(15)16(22)24-17(2,3)4/h8-11H,1-7H3/b20-12+. The lowest BCUT2D eigenvalue weighted by atomic mass is 10.2. The van der Waals surface area contributed by atoms with Gasteiger partial charge in [-0.25, -0.2) is 14.0 Å². The van der Waals surface area contributed by atoms with Crippen LogP contribution in [0.3, 0.4) is 0 Å². The Morgan fingerprint density at radius 2 is 1.80 bits per heavy atom. The van der Waals surface area contributed by atoms with Crippen LogP contribution in [0.2, 0.25) is 0 Å². The van der Waals surface area contributed by atoms with Crippen LogP contribution < -0.4 is 0 Å². The van der Waals surface area contributed by atoms with E-state index in [1.165, 1.54) is 4.57 Å². The lowest BCUT2D eigenvalue weighted by molar-refractivity contribution is 0.0544. The van der Waals surface area contributed by atoms with Crippen molar-refractivity contribution in [3.05, 3.63) is 30.1 Å². The lowest BCUT2D eigenvalue weighted by Gasteiger charge is -2.19. The molecule has 136 valence electrons. The van der Waals surface area contributed by atoms with Crippen molar-refractivity contribution in [1.82, 2.24) is 9.55 Å². The summed E-state index contributed by atoms with van der Waals surface area (Å²) in [6, 6.07) is 5.30. The predicted molar refractivity (Wildman–Crippen MR) is 101 cm³/mol. The fourth-order valence-electron chi connectivity index (χ4n) is 2.00. The number of carbonyl (C=O) groups excluding carboxylic acids is 1. The highest BCUT2D eigenvalue weighted by Crippen LogP contribution is 2.19. The average molecular weight is 363 g/mol. The molecule has 0 aliphatic carbocycles. The molecule has 0 radical (unpaired) electrons. The van der Waals surface area contributed by atoms with Crippen LogP contribution in [0.5, 0.6) is 0 Å². The van der Waals surface area contributed by atoms with E-state index in [4.69, 9.17) is 4.74 Å². The molecule has 6 nitrogen and oxygen atoms in total. The van der Waals surface area contributed by atoms with Crippen molar-refractivity contribution in [2.75, 3.05) is 0 Å². The Bertz CT molecular complexity index is 855. The molecular formula is C18H25N3O3S. The molecule has 0 aromatic carbocycles. The summed E-state index contributed by atoms with van der Waals surface area (Å²) in [4.78, 5) is 16.8. The quantitative estimate of drug-likeness (QED) is 0.753. The number of pyridine rings is 1. The number of ether oxygens (including phenoxy) is 1. The largest absolute Gasteiger partial charge is 0.443 e. The minimum Gasteiger partial charge on any atom is -0.443 e. The molecule has 2 aromatic rings. The summed E-state index contributed by atoms with van der Waals surface area (Å²) in [5.74, 6) is 0. The zero-order valence-corrected chi connectivity index (χ0v) is 16.6. The van der Waals surface area contributed by atoms with Gasteiger partial charge in [0.1, 0.15) is 16.6 Å². The summed E-state index contributed by atoms with van der Waals surface area (Å²) in [7, 11) is -1.35. The first kappa shape index (κ1) is 19.3. The van der Waals surface area contributed by atoms with Crippen LogP contribution in [0.25, 0.3) is 11.0 Å². The molecule has 0 fully saturated rings.